The van der Waals surface area contributed by atoms with Crippen molar-refractivity contribution in [3.8, 4) is 22.4 Å². The molecule has 2 nitrogen and oxygen atoms in total. The quantitative estimate of drug-likeness (QED) is 0.209. The van der Waals surface area contributed by atoms with E-state index in [9.17, 15) is 0 Å². The van der Waals surface area contributed by atoms with Gasteiger partial charge in [0.25, 0.3) is 0 Å². The summed E-state index contributed by atoms with van der Waals surface area (Å²) in [4.78, 5) is 5.25. The van der Waals surface area contributed by atoms with Crippen LogP contribution in [0.3, 0.4) is 0 Å². The Kier molecular flexibility index (Phi) is 4.52. The van der Waals surface area contributed by atoms with Gasteiger partial charge in [0.15, 0.2) is 0 Å². The molecule has 6 aromatic carbocycles. The highest BCUT2D eigenvalue weighted by molar-refractivity contribution is 7.26. The Morgan fingerprint density at radius 2 is 1.20 bits per heavy atom. The third-order valence-corrected chi connectivity index (χ3v) is 9.30. The fourth-order valence-corrected chi connectivity index (χ4v) is 7.49. The van der Waals surface area contributed by atoms with E-state index in [1.54, 1.807) is 0 Å². The van der Waals surface area contributed by atoms with Crippen molar-refractivity contribution >= 4 is 75.1 Å². The van der Waals surface area contributed by atoms with Gasteiger partial charge in [-0.3, -0.25) is 0 Å². The highest BCUT2D eigenvalue weighted by Gasteiger charge is 2.18. The number of pyridine rings is 1. The van der Waals surface area contributed by atoms with Crippen LogP contribution in [-0.4, -0.2) is 4.98 Å². The first-order valence-electron chi connectivity index (χ1n) is 13.5. The van der Waals surface area contributed by atoms with E-state index in [4.69, 9.17) is 9.40 Å². The molecule has 0 bridgehead atoms. The number of para-hydroxylation sites is 2. The number of thiophene rings is 1. The summed E-state index contributed by atoms with van der Waals surface area (Å²) in [5.74, 6) is 0. The molecule has 0 radical (unpaired) electrons. The summed E-state index contributed by atoms with van der Waals surface area (Å²) >= 11 is 1.87. The molecule has 0 aliphatic rings. The van der Waals surface area contributed by atoms with Crippen molar-refractivity contribution < 1.29 is 4.42 Å². The van der Waals surface area contributed by atoms with E-state index in [2.05, 4.69) is 115 Å². The van der Waals surface area contributed by atoms with Crippen LogP contribution in [0.5, 0.6) is 0 Å². The van der Waals surface area contributed by atoms with Gasteiger partial charge in [-0.05, 0) is 46.8 Å². The highest BCUT2D eigenvalue weighted by Crippen LogP contribution is 2.43. The molecule has 3 aromatic heterocycles. The summed E-state index contributed by atoms with van der Waals surface area (Å²) in [6, 6.07) is 45.2. The minimum Gasteiger partial charge on any atom is -0.456 e. The average molecular weight is 528 g/mol. The largest absolute Gasteiger partial charge is 0.456 e. The summed E-state index contributed by atoms with van der Waals surface area (Å²) in [6.07, 6.45) is 0. The fourth-order valence-electron chi connectivity index (χ4n) is 6.25. The molecule has 0 atom stereocenters. The lowest BCUT2D eigenvalue weighted by Crippen LogP contribution is -1.91. The Bertz CT molecular complexity index is 2430. The normalized spacial score (nSPS) is 12.0. The molecule has 9 rings (SSSR count). The van der Waals surface area contributed by atoms with Crippen molar-refractivity contribution in [2.75, 3.05) is 0 Å². The number of furan rings is 1. The van der Waals surface area contributed by atoms with E-state index in [0.29, 0.717) is 0 Å². The number of benzene rings is 6. The van der Waals surface area contributed by atoms with Crippen LogP contribution in [0.2, 0.25) is 0 Å². The summed E-state index contributed by atoms with van der Waals surface area (Å²) in [5.41, 5.74) is 7.35. The topological polar surface area (TPSA) is 26.0 Å². The van der Waals surface area contributed by atoms with Gasteiger partial charge in [-0.1, -0.05) is 97.1 Å². The van der Waals surface area contributed by atoms with Crippen LogP contribution in [0.15, 0.2) is 132 Å². The SMILES string of the molecule is c1ccc2c(c1)nc(-c1ccc(-c3cccc4c3sc3ccccc34)cc1)c1c2ccc2oc3ccccc3c21. The second-order valence-corrected chi connectivity index (χ2v) is 11.3. The number of hydrogen-bond acceptors (Lipinski definition) is 3. The van der Waals surface area contributed by atoms with Gasteiger partial charge in [0.2, 0.25) is 0 Å². The zero-order valence-electron chi connectivity index (χ0n) is 21.4. The van der Waals surface area contributed by atoms with Crippen LogP contribution < -0.4 is 0 Å². The molecule has 186 valence electrons. The molecule has 9 aromatic rings. The van der Waals surface area contributed by atoms with Gasteiger partial charge in [-0.2, -0.15) is 0 Å². The van der Waals surface area contributed by atoms with E-state index < -0.39 is 0 Å². The predicted octanol–water partition coefficient (Wildman–Crippen LogP) is 11.0. The van der Waals surface area contributed by atoms with Crippen LogP contribution >= 0.6 is 11.3 Å². The molecular weight excluding hydrogens is 506 g/mol. The van der Waals surface area contributed by atoms with E-state index in [0.717, 1.165) is 49.5 Å². The van der Waals surface area contributed by atoms with Crippen molar-refractivity contribution in [3.05, 3.63) is 127 Å². The van der Waals surface area contributed by atoms with E-state index in [1.807, 2.05) is 23.5 Å². The molecular formula is C37H21NOS. The number of fused-ring (bicyclic) bond motifs is 10. The number of aromatic nitrogens is 1. The van der Waals surface area contributed by atoms with Gasteiger partial charge in [0, 0.05) is 47.3 Å². The Labute approximate surface area is 233 Å². The fraction of sp³-hybridized carbons (Fsp3) is 0. The molecule has 0 amide bonds. The first-order chi connectivity index (χ1) is 19.8. The number of nitrogens with zero attached hydrogens (tertiary/aromatic N) is 1. The van der Waals surface area contributed by atoms with E-state index >= 15 is 0 Å². The lowest BCUT2D eigenvalue weighted by molar-refractivity contribution is 0.669. The first-order valence-corrected chi connectivity index (χ1v) is 14.3. The maximum Gasteiger partial charge on any atom is 0.136 e. The molecule has 0 N–H and O–H groups in total. The minimum absolute atomic E-state index is 0.889. The lowest BCUT2D eigenvalue weighted by atomic mass is 9.95. The van der Waals surface area contributed by atoms with Gasteiger partial charge in [-0.25, -0.2) is 4.98 Å². The first kappa shape index (κ1) is 21.9. The Hall–Kier alpha value is -4.99. The third-order valence-electron chi connectivity index (χ3n) is 8.08. The van der Waals surface area contributed by atoms with Gasteiger partial charge in [0.05, 0.1) is 11.2 Å². The Morgan fingerprint density at radius 3 is 2.10 bits per heavy atom. The molecule has 0 saturated heterocycles. The van der Waals surface area contributed by atoms with Gasteiger partial charge < -0.3 is 4.42 Å². The van der Waals surface area contributed by atoms with Crippen LogP contribution in [0, 0.1) is 0 Å². The average Bonchev–Trinajstić information content (AvgIpc) is 3.59. The molecule has 40 heavy (non-hydrogen) atoms. The molecule has 3 heterocycles. The van der Waals surface area contributed by atoms with Gasteiger partial charge >= 0.3 is 0 Å². The van der Waals surface area contributed by atoms with E-state index in [1.165, 1.54) is 36.7 Å². The molecule has 0 saturated carbocycles. The second kappa shape index (κ2) is 8.25. The second-order valence-electron chi connectivity index (χ2n) is 10.3. The zero-order valence-corrected chi connectivity index (χ0v) is 22.2. The summed E-state index contributed by atoms with van der Waals surface area (Å²) < 4.78 is 8.93. The Morgan fingerprint density at radius 1 is 0.475 bits per heavy atom. The van der Waals surface area contributed by atoms with Crippen LogP contribution in [0.25, 0.3) is 86.2 Å². The predicted molar refractivity (Wildman–Crippen MR) is 170 cm³/mol. The number of rotatable bonds is 2. The summed E-state index contributed by atoms with van der Waals surface area (Å²) in [5, 5.41) is 8.37. The van der Waals surface area contributed by atoms with Crippen molar-refractivity contribution in [2.24, 2.45) is 0 Å². The maximum atomic E-state index is 6.28. The zero-order chi connectivity index (χ0) is 26.2. The van der Waals surface area contributed by atoms with Crippen LogP contribution in [0.4, 0.5) is 0 Å². The maximum absolute atomic E-state index is 6.28. The Balaban J connectivity index is 1.30. The van der Waals surface area contributed by atoms with Crippen LogP contribution in [0.1, 0.15) is 0 Å². The summed E-state index contributed by atoms with van der Waals surface area (Å²) in [7, 11) is 0. The molecule has 0 unspecified atom stereocenters. The van der Waals surface area contributed by atoms with E-state index in [-0.39, 0.29) is 0 Å². The highest BCUT2D eigenvalue weighted by atomic mass is 32.1. The standard InChI is InChI=1S/C37H21NOS/c1-4-13-30-25(8-1)27-20-21-32-34(29-10-2-5-14-31(29)39-32)35(27)36(38-30)23-18-16-22(17-19-23)24-11-7-12-28-26-9-3-6-15-33(26)40-37(24)28/h1-21H. The molecule has 0 fully saturated rings. The van der Waals surface area contributed by atoms with Crippen LogP contribution in [-0.2, 0) is 0 Å². The van der Waals surface area contributed by atoms with Crippen molar-refractivity contribution in [2.45, 2.75) is 0 Å². The van der Waals surface area contributed by atoms with Gasteiger partial charge in [-0.15, -0.1) is 11.3 Å². The molecule has 0 spiro atoms. The van der Waals surface area contributed by atoms with Gasteiger partial charge in [0.1, 0.15) is 11.2 Å². The molecule has 3 heteroatoms. The van der Waals surface area contributed by atoms with Crippen molar-refractivity contribution in [1.82, 2.24) is 4.98 Å². The summed E-state index contributed by atoms with van der Waals surface area (Å²) in [6.45, 7) is 0. The molecule has 0 aliphatic carbocycles. The van der Waals surface area contributed by atoms with Crippen molar-refractivity contribution in [3.63, 3.8) is 0 Å². The third kappa shape index (κ3) is 3.07. The lowest BCUT2D eigenvalue weighted by Gasteiger charge is -2.12. The smallest absolute Gasteiger partial charge is 0.136 e. The molecule has 0 aliphatic heterocycles. The monoisotopic (exact) mass is 527 g/mol. The minimum atomic E-state index is 0.889. The number of hydrogen-bond donors (Lipinski definition) is 0. The van der Waals surface area contributed by atoms with Crippen molar-refractivity contribution in [1.29, 1.82) is 0 Å².